The predicted molar refractivity (Wildman–Crippen MR) is 73.8 cm³/mol. The average molecular weight is 293 g/mol. The minimum absolute atomic E-state index is 0. The fourth-order valence-corrected chi connectivity index (χ4v) is 2.53. The van der Waals surface area contributed by atoms with Crippen LogP contribution in [0.15, 0.2) is 24.4 Å². The molecule has 1 aromatic rings. The number of nitrogens with zero attached hydrogens (tertiary/aromatic N) is 1. The summed E-state index contributed by atoms with van der Waals surface area (Å²) >= 11 is 0. The number of fused-ring (bicyclic) bond motifs is 1. The summed E-state index contributed by atoms with van der Waals surface area (Å²) in [4.78, 5) is 4.17. The summed E-state index contributed by atoms with van der Waals surface area (Å²) in [6.45, 7) is 4.40. The number of pyridine rings is 1. The molecule has 0 spiro atoms. The first-order chi connectivity index (χ1) is 7.89. The molecule has 3 rings (SSSR count). The second kappa shape index (κ2) is 6.57. The maximum absolute atomic E-state index is 5.76. The van der Waals surface area contributed by atoms with Gasteiger partial charge >= 0.3 is 0 Å². The van der Waals surface area contributed by atoms with Crippen molar-refractivity contribution in [2.45, 2.75) is 0 Å². The first-order valence-electron chi connectivity index (χ1n) is 5.71. The predicted octanol–water partition coefficient (Wildman–Crippen LogP) is 1.54. The lowest BCUT2D eigenvalue weighted by Gasteiger charge is -2.25. The minimum Gasteiger partial charge on any atom is -0.477 e. The Labute approximate surface area is 119 Å². The lowest BCUT2D eigenvalue weighted by molar-refractivity contribution is 0.106. The summed E-state index contributed by atoms with van der Waals surface area (Å²) in [5, 5.41) is 3.42. The van der Waals surface area contributed by atoms with E-state index in [2.05, 4.69) is 10.3 Å². The number of hydrogen-bond donors (Lipinski definition) is 1. The van der Waals surface area contributed by atoms with Crippen molar-refractivity contribution in [2.24, 2.45) is 11.3 Å². The van der Waals surface area contributed by atoms with Crippen LogP contribution in [0.5, 0.6) is 5.88 Å². The van der Waals surface area contributed by atoms with Gasteiger partial charge in [-0.3, -0.25) is 0 Å². The zero-order chi connectivity index (χ0) is 10.8. The smallest absolute Gasteiger partial charge is 0.213 e. The van der Waals surface area contributed by atoms with E-state index in [1.807, 2.05) is 18.2 Å². The lowest BCUT2D eigenvalue weighted by Crippen LogP contribution is -2.36. The van der Waals surface area contributed by atoms with Gasteiger partial charge in [-0.2, -0.15) is 0 Å². The Morgan fingerprint density at radius 1 is 1.44 bits per heavy atom. The van der Waals surface area contributed by atoms with Crippen LogP contribution in [0.3, 0.4) is 0 Å². The molecule has 2 aliphatic heterocycles. The van der Waals surface area contributed by atoms with Gasteiger partial charge in [0, 0.05) is 36.7 Å². The van der Waals surface area contributed by atoms with E-state index >= 15 is 0 Å². The summed E-state index contributed by atoms with van der Waals surface area (Å²) in [6, 6.07) is 5.73. The van der Waals surface area contributed by atoms with Gasteiger partial charge in [0.25, 0.3) is 0 Å². The molecule has 0 bridgehead atoms. The van der Waals surface area contributed by atoms with Crippen LogP contribution in [-0.4, -0.2) is 37.9 Å². The topological polar surface area (TPSA) is 43.4 Å². The SMILES string of the molecule is Cl.Cl.c1ccc(OC[C@@]23CNC[C@@H]2COC3)nc1. The second-order valence-electron chi connectivity index (χ2n) is 4.66. The summed E-state index contributed by atoms with van der Waals surface area (Å²) in [5.74, 6) is 1.30. The molecule has 18 heavy (non-hydrogen) atoms. The number of hydrogen-bond acceptors (Lipinski definition) is 4. The van der Waals surface area contributed by atoms with Crippen molar-refractivity contribution in [3.63, 3.8) is 0 Å². The lowest BCUT2D eigenvalue weighted by atomic mass is 9.82. The summed E-state index contributed by atoms with van der Waals surface area (Å²) in [7, 11) is 0. The second-order valence-corrected chi connectivity index (χ2v) is 4.66. The van der Waals surface area contributed by atoms with Gasteiger partial charge in [-0.15, -0.1) is 24.8 Å². The van der Waals surface area contributed by atoms with Crippen LogP contribution in [0, 0.1) is 11.3 Å². The van der Waals surface area contributed by atoms with Crippen LogP contribution in [0.25, 0.3) is 0 Å². The van der Waals surface area contributed by atoms with Crippen molar-refractivity contribution in [1.29, 1.82) is 0 Å². The van der Waals surface area contributed by atoms with Gasteiger partial charge in [0.05, 0.1) is 19.8 Å². The highest BCUT2D eigenvalue weighted by molar-refractivity contribution is 5.85. The summed E-state index contributed by atoms with van der Waals surface area (Å²) in [5.41, 5.74) is 0.164. The third kappa shape index (κ3) is 2.88. The number of halogens is 2. The van der Waals surface area contributed by atoms with Crippen molar-refractivity contribution < 1.29 is 9.47 Å². The standard InChI is InChI=1S/C12H16N2O2.2ClH/c1-2-4-14-11(3-1)16-9-12-7-13-5-10(12)6-15-8-12;;/h1-4,10,13H,5-9H2;2*1H/t10-,12+;;/m1../s1. The zero-order valence-corrected chi connectivity index (χ0v) is 11.6. The first-order valence-corrected chi connectivity index (χ1v) is 5.71. The van der Waals surface area contributed by atoms with E-state index in [1.165, 1.54) is 0 Å². The number of nitrogens with one attached hydrogen (secondary N) is 1. The highest BCUT2D eigenvalue weighted by Gasteiger charge is 2.48. The van der Waals surface area contributed by atoms with E-state index in [9.17, 15) is 0 Å². The minimum atomic E-state index is 0. The fourth-order valence-electron chi connectivity index (χ4n) is 2.53. The molecular formula is C12H18Cl2N2O2. The van der Waals surface area contributed by atoms with Gasteiger partial charge in [0.1, 0.15) is 0 Å². The van der Waals surface area contributed by atoms with E-state index in [-0.39, 0.29) is 30.2 Å². The molecule has 1 N–H and O–H groups in total. The third-order valence-corrected chi connectivity index (χ3v) is 3.59. The van der Waals surface area contributed by atoms with Gasteiger partial charge in [0.15, 0.2) is 0 Å². The molecule has 1 aromatic heterocycles. The quantitative estimate of drug-likeness (QED) is 0.918. The van der Waals surface area contributed by atoms with Crippen LogP contribution in [0.4, 0.5) is 0 Å². The number of ether oxygens (including phenoxy) is 2. The van der Waals surface area contributed by atoms with Gasteiger partial charge in [-0.1, -0.05) is 6.07 Å². The van der Waals surface area contributed by atoms with Crippen molar-refractivity contribution >= 4 is 24.8 Å². The van der Waals surface area contributed by atoms with Crippen LogP contribution >= 0.6 is 24.8 Å². The molecule has 3 heterocycles. The molecule has 2 aliphatic rings. The first kappa shape index (κ1) is 15.5. The van der Waals surface area contributed by atoms with Gasteiger partial charge in [-0.25, -0.2) is 4.98 Å². The number of rotatable bonds is 3. The van der Waals surface area contributed by atoms with Crippen molar-refractivity contribution in [3.8, 4) is 5.88 Å². The monoisotopic (exact) mass is 292 g/mol. The molecular weight excluding hydrogens is 275 g/mol. The van der Waals surface area contributed by atoms with Crippen molar-refractivity contribution in [3.05, 3.63) is 24.4 Å². The van der Waals surface area contributed by atoms with E-state index in [0.717, 1.165) is 26.3 Å². The molecule has 6 heteroatoms. The third-order valence-electron chi connectivity index (χ3n) is 3.59. The molecule has 0 unspecified atom stereocenters. The molecule has 2 atom stereocenters. The Kier molecular flexibility index (Phi) is 5.66. The largest absolute Gasteiger partial charge is 0.477 e. The van der Waals surface area contributed by atoms with Crippen LogP contribution in [0.2, 0.25) is 0 Å². The van der Waals surface area contributed by atoms with Gasteiger partial charge in [0.2, 0.25) is 5.88 Å². The molecule has 4 nitrogen and oxygen atoms in total. The Morgan fingerprint density at radius 2 is 2.33 bits per heavy atom. The Bertz CT molecular complexity index is 354. The molecule has 0 saturated carbocycles. The molecule has 0 aromatic carbocycles. The summed E-state index contributed by atoms with van der Waals surface area (Å²) in [6.07, 6.45) is 1.75. The van der Waals surface area contributed by atoms with Gasteiger partial charge < -0.3 is 14.8 Å². The molecule has 2 fully saturated rings. The highest BCUT2D eigenvalue weighted by Crippen LogP contribution is 2.37. The highest BCUT2D eigenvalue weighted by atomic mass is 35.5. The Balaban J connectivity index is 0.000000810. The molecule has 0 amide bonds. The summed E-state index contributed by atoms with van der Waals surface area (Å²) < 4.78 is 11.3. The van der Waals surface area contributed by atoms with Gasteiger partial charge in [-0.05, 0) is 6.07 Å². The maximum atomic E-state index is 5.76. The van der Waals surface area contributed by atoms with E-state index < -0.39 is 0 Å². The van der Waals surface area contributed by atoms with Crippen molar-refractivity contribution in [2.75, 3.05) is 32.9 Å². The molecule has 0 radical (unpaired) electrons. The van der Waals surface area contributed by atoms with E-state index in [0.29, 0.717) is 18.4 Å². The fraction of sp³-hybridized carbons (Fsp3) is 0.583. The molecule has 2 saturated heterocycles. The van der Waals surface area contributed by atoms with Crippen molar-refractivity contribution in [1.82, 2.24) is 10.3 Å². The van der Waals surface area contributed by atoms with E-state index in [1.54, 1.807) is 6.20 Å². The zero-order valence-electron chi connectivity index (χ0n) is 10.0. The number of aromatic nitrogens is 1. The normalized spacial score (nSPS) is 29.0. The average Bonchev–Trinajstić information content (AvgIpc) is 2.87. The van der Waals surface area contributed by atoms with Crippen LogP contribution < -0.4 is 10.1 Å². The maximum Gasteiger partial charge on any atom is 0.213 e. The Hall–Kier alpha value is -0.550. The molecule has 0 aliphatic carbocycles. The van der Waals surface area contributed by atoms with Crippen LogP contribution in [0.1, 0.15) is 0 Å². The molecule has 102 valence electrons. The van der Waals surface area contributed by atoms with E-state index in [4.69, 9.17) is 9.47 Å². The Morgan fingerprint density at radius 3 is 3.11 bits per heavy atom. The van der Waals surface area contributed by atoms with Crippen LogP contribution in [-0.2, 0) is 4.74 Å².